The molecule has 1 aliphatic heterocycles. The van der Waals surface area contributed by atoms with Crippen LogP contribution < -0.4 is 0 Å². The van der Waals surface area contributed by atoms with Crippen molar-refractivity contribution in [3.63, 3.8) is 0 Å². The van der Waals surface area contributed by atoms with Gasteiger partial charge in [0.05, 0.1) is 6.54 Å². The zero-order valence-corrected chi connectivity index (χ0v) is 14.3. The highest BCUT2D eigenvalue weighted by Crippen LogP contribution is 2.32. The number of unbranched alkanes of at least 4 members (excludes halogenated alkanes) is 1. The molecule has 0 aromatic carbocycles. The van der Waals surface area contributed by atoms with E-state index in [9.17, 15) is 0 Å². The van der Waals surface area contributed by atoms with Gasteiger partial charge >= 0.3 is 0 Å². The van der Waals surface area contributed by atoms with E-state index >= 15 is 0 Å². The number of hydrogen-bond acceptors (Lipinski definition) is 4. The van der Waals surface area contributed by atoms with Crippen molar-refractivity contribution in [2.24, 2.45) is 5.92 Å². The van der Waals surface area contributed by atoms with Gasteiger partial charge in [-0.2, -0.15) is 4.98 Å². The Hall–Kier alpha value is -1.42. The van der Waals surface area contributed by atoms with E-state index in [0.29, 0.717) is 12.1 Å². The summed E-state index contributed by atoms with van der Waals surface area (Å²) in [5, 5.41) is 4.17. The predicted molar refractivity (Wildman–Crippen MR) is 91.9 cm³/mol. The second-order valence-electron chi connectivity index (χ2n) is 6.98. The lowest BCUT2D eigenvalue weighted by atomic mass is 9.96. The predicted octanol–water partition coefficient (Wildman–Crippen LogP) is 4.29. The summed E-state index contributed by atoms with van der Waals surface area (Å²) in [6.45, 7) is 6.93. The molecule has 4 heteroatoms. The lowest BCUT2D eigenvalue weighted by Gasteiger charge is -2.38. The van der Waals surface area contributed by atoms with Gasteiger partial charge in [-0.3, -0.25) is 4.90 Å². The molecule has 0 spiro atoms. The monoisotopic (exact) mass is 315 g/mol. The fourth-order valence-electron chi connectivity index (χ4n) is 3.43. The molecule has 0 saturated heterocycles. The molecule has 0 radical (unpaired) electrons. The summed E-state index contributed by atoms with van der Waals surface area (Å²) in [7, 11) is 0. The summed E-state index contributed by atoms with van der Waals surface area (Å²) >= 11 is 0. The van der Waals surface area contributed by atoms with Gasteiger partial charge in [-0.15, -0.1) is 6.58 Å². The van der Waals surface area contributed by atoms with Crippen molar-refractivity contribution in [2.75, 3.05) is 0 Å². The molecule has 126 valence electrons. The molecule has 0 amide bonds. The normalized spacial score (nSPS) is 24.9. The third kappa shape index (κ3) is 4.54. The Morgan fingerprint density at radius 3 is 3.04 bits per heavy atom. The van der Waals surface area contributed by atoms with E-state index in [1.54, 1.807) is 0 Å². The summed E-state index contributed by atoms with van der Waals surface area (Å²) in [5.74, 6) is 2.45. The first-order valence-corrected chi connectivity index (χ1v) is 9.15. The van der Waals surface area contributed by atoms with Crippen LogP contribution in [0.1, 0.15) is 63.6 Å². The van der Waals surface area contributed by atoms with Crippen LogP contribution in [-0.2, 0) is 13.0 Å². The van der Waals surface area contributed by atoms with Gasteiger partial charge in [0.2, 0.25) is 5.89 Å². The third-order valence-corrected chi connectivity index (χ3v) is 4.95. The minimum absolute atomic E-state index is 0.479. The highest BCUT2D eigenvalue weighted by molar-refractivity contribution is 5.05. The first kappa shape index (κ1) is 16.4. The molecule has 2 heterocycles. The average molecular weight is 315 g/mol. The quantitative estimate of drug-likeness (QED) is 0.638. The summed E-state index contributed by atoms with van der Waals surface area (Å²) in [5.41, 5.74) is 0. The van der Waals surface area contributed by atoms with Crippen LogP contribution in [0, 0.1) is 5.92 Å². The maximum atomic E-state index is 5.52. The summed E-state index contributed by atoms with van der Waals surface area (Å²) in [6.07, 6.45) is 16.1. The van der Waals surface area contributed by atoms with E-state index in [0.717, 1.165) is 43.4 Å². The third-order valence-electron chi connectivity index (χ3n) is 4.95. The molecule has 23 heavy (non-hydrogen) atoms. The minimum atomic E-state index is 0.479. The number of aromatic nitrogens is 2. The van der Waals surface area contributed by atoms with Crippen LogP contribution in [0.3, 0.4) is 0 Å². The molecule has 1 aromatic heterocycles. The van der Waals surface area contributed by atoms with Crippen molar-refractivity contribution in [3.05, 3.63) is 36.5 Å². The van der Waals surface area contributed by atoms with E-state index in [2.05, 4.69) is 40.7 Å². The largest absolute Gasteiger partial charge is 0.338 e. The molecule has 1 aromatic rings. The molecule has 1 saturated carbocycles. The zero-order chi connectivity index (χ0) is 16.1. The Balaban J connectivity index is 1.67. The number of rotatable bonds is 9. The minimum Gasteiger partial charge on any atom is -0.338 e. The first-order valence-electron chi connectivity index (χ1n) is 9.15. The van der Waals surface area contributed by atoms with Crippen LogP contribution in [0.2, 0.25) is 0 Å². The summed E-state index contributed by atoms with van der Waals surface area (Å²) in [4.78, 5) is 7.16. The van der Waals surface area contributed by atoms with E-state index in [1.165, 1.54) is 32.1 Å². The second-order valence-corrected chi connectivity index (χ2v) is 6.98. The molecule has 2 atom stereocenters. The Morgan fingerprint density at radius 1 is 1.43 bits per heavy atom. The molecule has 0 bridgehead atoms. The van der Waals surface area contributed by atoms with Crippen molar-refractivity contribution >= 4 is 0 Å². The molecular formula is C19H29N3O. The Morgan fingerprint density at radius 2 is 2.30 bits per heavy atom. The topological polar surface area (TPSA) is 42.2 Å². The van der Waals surface area contributed by atoms with Gasteiger partial charge in [-0.25, -0.2) is 0 Å². The molecule has 0 N–H and O–H groups in total. The molecule has 2 aliphatic rings. The molecule has 0 unspecified atom stereocenters. The first-order chi connectivity index (χ1) is 11.3. The standard InChI is InChI=1S/C19H29N3O/c1-3-5-8-17-10-6-9-16(7-4-2)22(17)14-19-20-18(21-23-19)13-15-11-12-15/h4,6,10,15-17H,2-3,5,7-9,11-14H2,1H3/t16-,17-/m1/s1. The van der Waals surface area contributed by atoms with Gasteiger partial charge < -0.3 is 4.52 Å². The van der Waals surface area contributed by atoms with E-state index in [-0.39, 0.29) is 0 Å². The van der Waals surface area contributed by atoms with Gasteiger partial charge in [-0.1, -0.05) is 43.2 Å². The van der Waals surface area contributed by atoms with Crippen LogP contribution >= 0.6 is 0 Å². The highest BCUT2D eigenvalue weighted by atomic mass is 16.5. The lowest BCUT2D eigenvalue weighted by Crippen LogP contribution is -2.43. The fourth-order valence-corrected chi connectivity index (χ4v) is 3.43. The van der Waals surface area contributed by atoms with E-state index in [4.69, 9.17) is 4.52 Å². The fraction of sp³-hybridized carbons (Fsp3) is 0.684. The number of nitrogens with zero attached hydrogens (tertiary/aromatic N) is 3. The molecule has 4 nitrogen and oxygen atoms in total. The molecule has 1 aliphatic carbocycles. The van der Waals surface area contributed by atoms with Gasteiger partial charge in [0.1, 0.15) is 0 Å². The van der Waals surface area contributed by atoms with Crippen molar-refractivity contribution in [1.82, 2.24) is 15.0 Å². The summed E-state index contributed by atoms with van der Waals surface area (Å²) < 4.78 is 5.52. The lowest BCUT2D eigenvalue weighted by molar-refractivity contribution is 0.117. The smallest absolute Gasteiger partial charge is 0.240 e. The van der Waals surface area contributed by atoms with Crippen LogP contribution in [0.15, 0.2) is 29.3 Å². The van der Waals surface area contributed by atoms with Crippen molar-refractivity contribution in [1.29, 1.82) is 0 Å². The van der Waals surface area contributed by atoms with Crippen LogP contribution in [0.25, 0.3) is 0 Å². The average Bonchev–Trinajstić information content (AvgIpc) is 3.26. The van der Waals surface area contributed by atoms with Gasteiger partial charge in [-0.05, 0) is 38.0 Å². The number of hydrogen-bond donors (Lipinski definition) is 0. The maximum Gasteiger partial charge on any atom is 0.240 e. The highest BCUT2D eigenvalue weighted by Gasteiger charge is 2.29. The van der Waals surface area contributed by atoms with E-state index in [1.807, 2.05) is 6.08 Å². The van der Waals surface area contributed by atoms with Crippen LogP contribution in [-0.4, -0.2) is 27.1 Å². The van der Waals surface area contributed by atoms with Crippen LogP contribution in [0.4, 0.5) is 0 Å². The Labute approximate surface area is 139 Å². The van der Waals surface area contributed by atoms with Crippen molar-refractivity contribution in [2.45, 2.75) is 76.9 Å². The molecular weight excluding hydrogens is 286 g/mol. The van der Waals surface area contributed by atoms with Gasteiger partial charge in [0, 0.05) is 18.5 Å². The molecule has 3 rings (SSSR count). The maximum absolute atomic E-state index is 5.52. The zero-order valence-electron chi connectivity index (χ0n) is 14.3. The van der Waals surface area contributed by atoms with E-state index < -0.39 is 0 Å². The molecule has 1 fully saturated rings. The van der Waals surface area contributed by atoms with Crippen LogP contribution in [0.5, 0.6) is 0 Å². The SMILES string of the molecule is C=CC[C@@H]1CC=C[C@@H](CCCC)N1Cc1nc(CC2CC2)no1. The van der Waals surface area contributed by atoms with Crippen molar-refractivity contribution in [3.8, 4) is 0 Å². The second kappa shape index (κ2) is 7.91. The van der Waals surface area contributed by atoms with Crippen molar-refractivity contribution < 1.29 is 4.52 Å². The Bertz CT molecular complexity index is 532. The summed E-state index contributed by atoms with van der Waals surface area (Å²) in [6, 6.07) is 0.977. The van der Waals surface area contributed by atoms with Gasteiger partial charge in [0.15, 0.2) is 5.82 Å². The van der Waals surface area contributed by atoms with Gasteiger partial charge in [0.25, 0.3) is 0 Å². The Kier molecular flexibility index (Phi) is 5.65.